The van der Waals surface area contributed by atoms with E-state index in [1.165, 1.54) is 0 Å². The van der Waals surface area contributed by atoms with Gasteiger partial charge in [0.2, 0.25) is 0 Å². The Morgan fingerprint density at radius 1 is 0.750 bits per heavy atom. The Morgan fingerprint density at radius 2 is 1.11 bits per heavy atom. The molecule has 1 aliphatic rings. The summed E-state index contributed by atoms with van der Waals surface area (Å²) < 4.78 is 0. The Kier molecular flexibility index (Phi) is 6.94. The molecule has 1 aliphatic carbocycles. The smallest absolute Gasteiger partial charge is 0.151 e. The SMILES string of the molecule is CCc1ncnc(N(C)C2CCC(N(C)c3ncnc(CC)c3Cl)CC2)c1Cl. The molecule has 0 aliphatic heterocycles. The molecule has 0 aromatic carbocycles. The fourth-order valence-corrected chi connectivity index (χ4v) is 4.68. The van der Waals surface area contributed by atoms with E-state index < -0.39 is 0 Å². The lowest BCUT2D eigenvalue weighted by atomic mass is 9.89. The van der Waals surface area contributed by atoms with Crippen LogP contribution in [0.5, 0.6) is 0 Å². The first-order valence-electron chi connectivity index (χ1n) is 9.92. The molecule has 0 bridgehead atoms. The number of nitrogens with zero attached hydrogens (tertiary/aromatic N) is 6. The van der Waals surface area contributed by atoms with Crippen molar-refractivity contribution in [1.82, 2.24) is 19.9 Å². The summed E-state index contributed by atoms with van der Waals surface area (Å²) in [5.74, 6) is 1.66. The van der Waals surface area contributed by atoms with Gasteiger partial charge >= 0.3 is 0 Å². The van der Waals surface area contributed by atoms with Crippen molar-refractivity contribution < 1.29 is 0 Å². The lowest BCUT2D eigenvalue weighted by Crippen LogP contribution is -2.42. The molecule has 0 radical (unpaired) electrons. The summed E-state index contributed by atoms with van der Waals surface area (Å²) in [7, 11) is 4.16. The summed E-state index contributed by atoms with van der Waals surface area (Å²) in [5.41, 5.74) is 1.80. The molecule has 0 unspecified atom stereocenters. The van der Waals surface area contributed by atoms with Gasteiger partial charge in [-0.15, -0.1) is 0 Å². The molecule has 2 heterocycles. The number of hydrogen-bond acceptors (Lipinski definition) is 6. The maximum atomic E-state index is 6.52. The third kappa shape index (κ3) is 4.18. The molecule has 0 spiro atoms. The Balaban J connectivity index is 1.68. The normalized spacial score (nSPS) is 19.5. The highest BCUT2D eigenvalue weighted by Gasteiger charge is 2.29. The minimum atomic E-state index is 0.411. The van der Waals surface area contributed by atoms with Crippen molar-refractivity contribution in [3.05, 3.63) is 34.1 Å². The van der Waals surface area contributed by atoms with E-state index in [2.05, 4.69) is 57.7 Å². The fourth-order valence-electron chi connectivity index (χ4n) is 3.95. The monoisotopic (exact) mass is 422 g/mol. The molecule has 1 saturated carbocycles. The predicted octanol–water partition coefficient (Wildman–Crippen LogP) is 4.58. The molecule has 1 fully saturated rings. The maximum Gasteiger partial charge on any atom is 0.151 e. The highest BCUT2D eigenvalue weighted by atomic mass is 35.5. The molecular formula is C20H28Cl2N6. The van der Waals surface area contributed by atoms with Crippen LogP contribution in [-0.4, -0.2) is 46.1 Å². The average Bonchev–Trinajstić information content (AvgIpc) is 2.73. The second-order valence-corrected chi connectivity index (χ2v) is 8.06. The first-order chi connectivity index (χ1) is 13.5. The van der Waals surface area contributed by atoms with Crippen LogP contribution in [0, 0.1) is 0 Å². The Hall–Kier alpha value is -1.66. The topological polar surface area (TPSA) is 58.0 Å². The third-order valence-corrected chi connectivity index (χ3v) is 6.56. The lowest BCUT2D eigenvalue weighted by Gasteiger charge is -2.39. The summed E-state index contributed by atoms with van der Waals surface area (Å²) in [4.78, 5) is 21.8. The van der Waals surface area contributed by atoms with Crippen molar-refractivity contribution in [2.75, 3.05) is 23.9 Å². The molecule has 0 N–H and O–H groups in total. The molecular weight excluding hydrogens is 395 g/mol. The van der Waals surface area contributed by atoms with Crippen molar-refractivity contribution in [2.24, 2.45) is 0 Å². The van der Waals surface area contributed by atoms with Gasteiger partial charge in [0.1, 0.15) is 22.7 Å². The van der Waals surface area contributed by atoms with Crippen LogP contribution in [0.4, 0.5) is 11.6 Å². The molecule has 6 nitrogen and oxygen atoms in total. The van der Waals surface area contributed by atoms with Gasteiger partial charge in [-0.25, -0.2) is 19.9 Å². The van der Waals surface area contributed by atoms with Crippen LogP contribution in [0.25, 0.3) is 0 Å². The number of anilines is 2. The molecule has 0 saturated heterocycles. The zero-order valence-electron chi connectivity index (χ0n) is 17.0. The summed E-state index contributed by atoms with van der Waals surface area (Å²) in [6.45, 7) is 4.11. The van der Waals surface area contributed by atoms with E-state index in [4.69, 9.17) is 23.2 Å². The van der Waals surface area contributed by atoms with E-state index in [9.17, 15) is 0 Å². The van der Waals surface area contributed by atoms with E-state index in [0.29, 0.717) is 22.1 Å². The van der Waals surface area contributed by atoms with Crippen molar-refractivity contribution in [1.29, 1.82) is 0 Å². The molecule has 8 heteroatoms. The third-order valence-electron chi connectivity index (χ3n) is 5.79. The Morgan fingerprint density at radius 3 is 1.43 bits per heavy atom. The highest BCUT2D eigenvalue weighted by Crippen LogP contribution is 2.34. The number of aromatic nitrogens is 4. The van der Waals surface area contributed by atoms with Crippen LogP contribution < -0.4 is 9.80 Å². The zero-order chi connectivity index (χ0) is 20.3. The Labute approximate surface area is 177 Å². The van der Waals surface area contributed by atoms with Crippen LogP contribution in [0.15, 0.2) is 12.7 Å². The summed E-state index contributed by atoms with van der Waals surface area (Å²) >= 11 is 13.0. The van der Waals surface area contributed by atoms with Crippen LogP contribution in [0.2, 0.25) is 10.0 Å². The van der Waals surface area contributed by atoms with Gasteiger partial charge in [0, 0.05) is 26.2 Å². The molecule has 152 valence electrons. The van der Waals surface area contributed by atoms with Crippen LogP contribution in [0.3, 0.4) is 0 Å². The lowest BCUT2D eigenvalue weighted by molar-refractivity contribution is 0.373. The number of halogens is 2. The fraction of sp³-hybridized carbons (Fsp3) is 0.600. The van der Waals surface area contributed by atoms with E-state index in [1.807, 2.05) is 0 Å². The van der Waals surface area contributed by atoms with Crippen molar-refractivity contribution in [3.8, 4) is 0 Å². The van der Waals surface area contributed by atoms with Gasteiger partial charge < -0.3 is 9.80 Å². The minimum absolute atomic E-state index is 0.411. The van der Waals surface area contributed by atoms with E-state index >= 15 is 0 Å². The summed E-state index contributed by atoms with van der Waals surface area (Å²) in [6, 6.07) is 0.822. The largest absolute Gasteiger partial charge is 0.355 e. The average molecular weight is 423 g/mol. The molecule has 2 aromatic heterocycles. The van der Waals surface area contributed by atoms with Gasteiger partial charge in [-0.05, 0) is 38.5 Å². The quantitative estimate of drug-likeness (QED) is 0.678. The van der Waals surface area contributed by atoms with E-state index in [0.717, 1.165) is 61.5 Å². The van der Waals surface area contributed by atoms with Crippen molar-refractivity contribution >= 4 is 34.8 Å². The van der Waals surface area contributed by atoms with Gasteiger partial charge in [-0.3, -0.25) is 0 Å². The number of hydrogen-bond donors (Lipinski definition) is 0. The predicted molar refractivity (Wildman–Crippen MR) is 116 cm³/mol. The summed E-state index contributed by atoms with van der Waals surface area (Å²) in [5, 5.41) is 1.35. The van der Waals surface area contributed by atoms with E-state index in [1.54, 1.807) is 12.7 Å². The maximum absolute atomic E-state index is 6.52. The zero-order valence-corrected chi connectivity index (χ0v) is 18.5. The minimum Gasteiger partial charge on any atom is -0.355 e. The molecule has 0 atom stereocenters. The highest BCUT2D eigenvalue weighted by molar-refractivity contribution is 6.33. The second kappa shape index (κ2) is 9.23. The first-order valence-corrected chi connectivity index (χ1v) is 10.7. The van der Waals surface area contributed by atoms with Gasteiger partial charge in [0.05, 0.1) is 11.4 Å². The van der Waals surface area contributed by atoms with Gasteiger partial charge in [-0.2, -0.15) is 0 Å². The summed E-state index contributed by atoms with van der Waals surface area (Å²) in [6.07, 6.45) is 9.09. The van der Waals surface area contributed by atoms with Gasteiger partial charge in [-0.1, -0.05) is 37.0 Å². The number of aryl methyl sites for hydroxylation is 2. The second-order valence-electron chi connectivity index (χ2n) is 7.31. The molecule has 28 heavy (non-hydrogen) atoms. The Bertz CT molecular complexity index is 740. The molecule has 2 aromatic rings. The van der Waals surface area contributed by atoms with Crippen LogP contribution in [0.1, 0.15) is 50.9 Å². The first kappa shape index (κ1) is 21.1. The molecule has 3 rings (SSSR count). The molecule has 0 amide bonds. The van der Waals surface area contributed by atoms with Crippen molar-refractivity contribution in [2.45, 2.75) is 64.5 Å². The standard InChI is InChI=1S/C20H28Cl2N6/c1-5-15-17(21)19(25-11-23-15)27(3)13-7-9-14(10-8-13)28(4)20-18(22)16(6-2)24-12-26-20/h11-14H,5-10H2,1-4H3. The van der Waals surface area contributed by atoms with E-state index in [-0.39, 0.29) is 0 Å². The van der Waals surface area contributed by atoms with Crippen molar-refractivity contribution in [3.63, 3.8) is 0 Å². The van der Waals surface area contributed by atoms with Crippen LogP contribution in [-0.2, 0) is 12.8 Å². The van der Waals surface area contributed by atoms with Crippen LogP contribution >= 0.6 is 23.2 Å². The number of rotatable bonds is 6. The van der Waals surface area contributed by atoms with Gasteiger partial charge in [0.15, 0.2) is 11.6 Å². The van der Waals surface area contributed by atoms with Gasteiger partial charge in [0.25, 0.3) is 0 Å².